The Morgan fingerprint density at radius 3 is 2.30 bits per heavy atom. The maximum atomic E-state index is 5.12. The van der Waals surface area contributed by atoms with Crippen LogP contribution in [0.4, 0.5) is 0 Å². The van der Waals surface area contributed by atoms with E-state index in [1.807, 2.05) is 0 Å². The Kier molecular flexibility index (Phi) is 1.70. The number of benzene rings is 1. The van der Waals surface area contributed by atoms with Gasteiger partial charge in [0, 0.05) is 0 Å². The molecule has 2 heteroatoms. The van der Waals surface area contributed by atoms with Gasteiger partial charge in [0.25, 0.3) is 0 Å². The molecule has 52 valence electrons. The highest BCUT2D eigenvalue weighted by molar-refractivity contribution is 7.66. The van der Waals surface area contributed by atoms with Crippen LogP contribution in [-0.2, 0) is 4.74 Å². The Morgan fingerprint density at radius 1 is 1.10 bits per heavy atom. The first-order chi connectivity index (χ1) is 4.97. The average molecular weight is 152 g/mol. The number of hydrogen-bond donors (Lipinski definition) is 0. The van der Waals surface area contributed by atoms with Crippen molar-refractivity contribution in [3.63, 3.8) is 0 Å². The molecule has 0 N–H and O–H groups in total. The topological polar surface area (TPSA) is 9.23 Å². The van der Waals surface area contributed by atoms with Crippen LogP contribution in [0.15, 0.2) is 30.3 Å². The number of rotatable bonds is 1. The van der Waals surface area contributed by atoms with Crippen LogP contribution in [0.1, 0.15) is 0 Å². The van der Waals surface area contributed by atoms with E-state index in [2.05, 4.69) is 30.3 Å². The summed E-state index contributed by atoms with van der Waals surface area (Å²) in [7, 11) is 0.0849. The van der Waals surface area contributed by atoms with Crippen LogP contribution in [0.2, 0.25) is 0 Å². The monoisotopic (exact) mass is 152 g/mol. The van der Waals surface area contributed by atoms with Crippen molar-refractivity contribution in [2.45, 2.75) is 0 Å². The summed E-state index contributed by atoms with van der Waals surface area (Å²) in [5, 5.41) is 1.48. The fourth-order valence-corrected chi connectivity index (χ4v) is 2.23. The summed E-state index contributed by atoms with van der Waals surface area (Å²) >= 11 is 0. The zero-order valence-corrected chi connectivity index (χ0v) is 6.55. The van der Waals surface area contributed by atoms with Crippen LogP contribution in [0.5, 0.6) is 0 Å². The molecule has 1 aliphatic rings. The predicted octanol–water partition coefficient (Wildman–Crippen LogP) is 1.74. The Morgan fingerprint density at radius 2 is 1.80 bits per heavy atom. The summed E-state index contributed by atoms with van der Waals surface area (Å²) in [6, 6.07) is 10.6. The zero-order chi connectivity index (χ0) is 6.81. The molecule has 0 atom stereocenters. The lowest BCUT2D eigenvalue weighted by atomic mass is 10.4. The van der Waals surface area contributed by atoms with Gasteiger partial charge in [-0.1, -0.05) is 30.3 Å². The summed E-state index contributed by atoms with van der Waals surface area (Å²) in [5.41, 5.74) is 0. The van der Waals surface area contributed by atoms with Crippen molar-refractivity contribution in [2.75, 3.05) is 12.7 Å². The molecule has 0 spiro atoms. The van der Waals surface area contributed by atoms with Gasteiger partial charge in [-0.15, -0.1) is 0 Å². The molecule has 0 bridgehead atoms. The Balaban J connectivity index is 2.18. The minimum atomic E-state index is 0.0849. The van der Waals surface area contributed by atoms with Gasteiger partial charge >= 0.3 is 0 Å². The second-order valence-corrected chi connectivity index (χ2v) is 4.45. The zero-order valence-electron chi connectivity index (χ0n) is 5.66. The molecule has 0 saturated carbocycles. The van der Waals surface area contributed by atoms with Gasteiger partial charge in [-0.05, 0) is 13.2 Å². The highest BCUT2D eigenvalue weighted by Gasteiger charge is 2.18. The van der Waals surface area contributed by atoms with Crippen molar-refractivity contribution in [1.82, 2.24) is 0 Å². The van der Waals surface area contributed by atoms with Gasteiger partial charge in [-0.3, -0.25) is 0 Å². The molecule has 10 heavy (non-hydrogen) atoms. The molecule has 1 heterocycles. The third-order valence-corrected chi connectivity index (χ3v) is 3.63. The molecular weight excluding hydrogens is 143 g/mol. The van der Waals surface area contributed by atoms with Crippen LogP contribution in [0.25, 0.3) is 0 Å². The molecule has 0 amide bonds. The summed E-state index contributed by atoms with van der Waals surface area (Å²) in [4.78, 5) is 0. The third kappa shape index (κ3) is 1.07. The van der Waals surface area contributed by atoms with E-state index in [1.54, 1.807) is 0 Å². The summed E-state index contributed by atoms with van der Waals surface area (Å²) in [6.45, 7) is 0. The fourth-order valence-electron chi connectivity index (χ4n) is 0.970. The van der Waals surface area contributed by atoms with Crippen molar-refractivity contribution < 1.29 is 4.74 Å². The fraction of sp³-hybridized carbons (Fsp3) is 0.250. The Bertz CT molecular complexity index is 206. The van der Waals surface area contributed by atoms with Crippen molar-refractivity contribution in [2.24, 2.45) is 0 Å². The third-order valence-electron chi connectivity index (χ3n) is 1.62. The minimum Gasteiger partial charge on any atom is -0.372 e. The highest BCUT2D eigenvalue weighted by Crippen LogP contribution is 2.42. The van der Waals surface area contributed by atoms with E-state index in [0.717, 1.165) is 12.7 Å². The molecule has 0 unspecified atom stereocenters. The second-order valence-electron chi connectivity index (χ2n) is 2.34. The Labute approximate surface area is 61.8 Å². The van der Waals surface area contributed by atoms with Gasteiger partial charge in [0.05, 0.1) is 12.7 Å². The van der Waals surface area contributed by atoms with E-state index in [-0.39, 0.29) is 7.92 Å². The second kappa shape index (κ2) is 2.69. The van der Waals surface area contributed by atoms with Gasteiger partial charge in [-0.25, -0.2) is 0 Å². The first-order valence-corrected chi connectivity index (χ1v) is 5.06. The van der Waals surface area contributed by atoms with Gasteiger partial charge in [-0.2, -0.15) is 0 Å². The van der Waals surface area contributed by atoms with E-state index in [9.17, 15) is 0 Å². The smallest absolute Gasteiger partial charge is 0.0728 e. The molecule has 1 aromatic carbocycles. The van der Waals surface area contributed by atoms with Crippen molar-refractivity contribution in [3.05, 3.63) is 30.3 Å². The normalized spacial score (nSPS) is 18.4. The molecular formula is C8H9OP. The summed E-state index contributed by atoms with van der Waals surface area (Å²) in [6.07, 6.45) is 1.94. The Hall–Kier alpha value is -0.390. The molecule has 1 nitrogen and oxygen atoms in total. The summed E-state index contributed by atoms with van der Waals surface area (Å²) < 4.78 is 5.12. The molecule has 0 radical (unpaired) electrons. The van der Waals surface area contributed by atoms with E-state index in [0.29, 0.717) is 0 Å². The molecule has 1 fully saturated rings. The van der Waals surface area contributed by atoms with E-state index in [4.69, 9.17) is 4.74 Å². The molecule has 1 saturated heterocycles. The van der Waals surface area contributed by atoms with Crippen molar-refractivity contribution in [3.8, 4) is 0 Å². The van der Waals surface area contributed by atoms with Crippen LogP contribution >= 0.6 is 7.92 Å². The van der Waals surface area contributed by atoms with Gasteiger partial charge in [0.15, 0.2) is 0 Å². The highest BCUT2D eigenvalue weighted by atomic mass is 31.1. The van der Waals surface area contributed by atoms with E-state index < -0.39 is 0 Å². The number of hydrogen-bond acceptors (Lipinski definition) is 1. The standard InChI is InChI=1S/C8H9OP/c1-2-4-8(5-3-1)10-6-9-7-10/h1-5H,6-7H2. The largest absolute Gasteiger partial charge is 0.372 e. The van der Waals surface area contributed by atoms with E-state index in [1.165, 1.54) is 5.30 Å². The average Bonchev–Trinajstić information content (AvgIpc) is 1.86. The van der Waals surface area contributed by atoms with E-state index >= 15 is 0 Å². The van der Waals surface area contributed by atoms with Crippen LogP contribution in [-0.4, -0.2) is 12.7 Å². The van der Waals surface area contributed by atoms with Crippen LogP contribution < -0.4 is 5.30 Å². The van der Waals surface area contributed by atoms with Crippen LogP contribution in [0.3, 0.4) is 0 Å². The van der Waals surface area contributed by atoms with Crippen molar-refractivity contribution >= 4 is 13.2 Å². The van der Waals surface area contributed by atoms with Gasteiger partial charge in [0.2, 0.25) is 0 Å². The van der Waals surface area contributed by atoms with Crippen molar-refractivity contribution in [1.29, 1.82) is 0 Å². The lowest BCUT2D eigenvalue weighted by Gasteiger charge is -2.26. The van der Waals surface area contributed by atoms with Gasteiger partial charge in [0.1, 0.15) is 0 Å². The SMILES string of the molecule is c1ccc(P2COC2)cc1. The maximum Gasteiger partial charge on any atom is 0.0728 e. The molecule has 2 rings (SSSR count). The van der Waals surface area contributed by atoms with Crippen LogP contribution in [0, 0.1) is 0 Å². The summed E-state index contributed by atoms with van der Waals surface area (Å²) in [5.74, 6) is 0. The lowest BCUT2D eigenvalue weighted by molar-refractivity contribution is 0.195. The maximum absolute atomic E-state index is 5.12. The first-order valence-electron chi connectivity index (χ1n) is 3.34. The lowest BCUT2D eigenvalue weighted by Crippen LogP contribution is -2.17. The molecule has 0 aliphatic carbocycles. The van der Waals surface area contributed by atoms with Gasteiger partial charge < -0.3 is 4.74 Å². The quantitative estimate of drug-likeness (QED) is 0.557. The molecule has 1 aliphatic heterocycles. The molecule has 0 aromatic heterocycles. The molecule has 1 aromatic rings. The number of ether oxygens (including phenoxy) is 1. The predicted molar refractivity (Wildman–Crippen MR) is 43.8 cm³/mol. The first kappa shape index (κ1) is 6.33. The minimum absolute atomic E-state index is 0.0849.